The number of carbonyl (C=O) groups excluding carboxylic acids is 1. The topological polar surface area (TPSA) is 33.2 Å². The lowest BCUT2D eigenvalue weighted by atomic mass is 10.2. The Hall–Kier alpha value is -2.23. The van der Waals surface area contributed by atoms with E-state index in [-0.39, 0.29) is 5.91 Å². The molecule has 0 N–H and O–H groups in total. The first kappa shape index (κ1) is 12.2. The van der Waals surface area contributed by atoms with Crippen molar-refractivity contribution in [1.29, 1.82) is 0 Å². The first-order valence-corrected chi connectivity index (χ1v) is 5.71. The van der Waals surface area contributed by atoms with Gasteiger partial charge in [-0.15, -0.1) is 0 Å². The van der Waals surface area contributed by atoms with Crippen LogP contribution in [0.5, 0.6) is 0 Å². The summed E-state index contributed by atoms with van der Waals surface area (Å²) in [7, 11) is 0. The zero-order valence-corrected chi connectivity index (χ0v) is 10.0. The van der Waals surface area contributed by atoms with E-state index in [4.69, 9.17) is 0 Å². The molecule has 4 heteroatoms. The van der Waals surface area contributed by atoms with Crippen LogP contribution in [0.3, 0.4) is 0 Å². The lowest BCUT2D eigenvalue weighted by molar-refractivity contribution is 0.0987. The molecule has 3 nitrogen and oxygen atoms in total. The van der Waals surface area contributed by atoms with Crippen LogP contribution in [0.2, 0.25) is 0 Å². The molecule has 2 aromatic rings. The predicted molar refractivity (Wildman–Crippen MR) is 68.0 cm³/mol. The monoisotopic (exact) mass is 244 g/mol. The number of carbonyl (C=O) groups is 1. The Morgan fingerprint density at radius 2 is 2.00 bits per heavy atom. The second-order valence-electron chi connectivity index (χ2n) is 3.75. The summed E-state index contributed by atoms with van der Waals surface area (Å²) >= 11 is 0. The normalized spacial score (nSPS) is 10.1. The molecule has 0 fully saturated rings. The summed E-state index contributed by atoms with van der Waals surface area (Å²) in [5, 5.41) is 0. The summed E-state index contributed by atoms with van der Waals surface area (Å²) < 4.78 is 13.0. The van der Waals surface area contributed by atoms with Gasteiger partial charge in [0.25, 0.3) is 5.91 Å². The molecule has 2 rings (SSSR count). The van der Waals surface area contributed by atoms with Gasteiger partial charge in [0, 0.05) is 30.1 Å². The second-order valence-corrected chi connectivity index (χ2v) is 3.75. The quantitative estimate of drug-likeness (QED) is 0.778. The van der Waals surface area contributed by atoms with Crippen molar-refractivity contribution >= 4 is 11.6 Å². The van der Waals surface area contributed by atoms with Crippen molar-refractivity contribution < 1.29 is 9.18 Å². The van der Waals surface area contributed by atoms with Crippen molar-refractivity contribution in [2.24, 2.45) is 0 Å². The van der Waals surface area contributed by atoms with E-state index in [0.717, 1.165) is 11.8 Å². The van der Waals surface area contributed by atoms with E-state index in [0.29, 0.717) is 12.1 Å². The highest BCUT2D eigenvalue weighted by Gasteiger charge is 2.16. The summed E-state index contributed by atoms with van der Waals surface area (Å²) in [6.07, 6.45) is 1.29. The SMILES string of the molecule is CCN(C(=O)c1ccnc(F)c1)c1ccccc1. The molecule has 1 heterocycles. The Morgan fingerprint density at radius 1 is 1.28 bits per heavy atom. The van der Waals surface area contributed by atoms with Crippen LogP contribution in [-0.2, 0) is 0 Å². The Bertz CT molecular complexity index is 543. The van der Waals surface area contributed by atoms with Crippen LogP contribution in [0, 0.1) is 5.95 Å². The van der Waals surface area contributed by atoms with Crippen LogP contribution in [0.4, 0.5) is 10.1 Å². The van der Waals surface area contributed by atoms with E-state index in [1.54, 1.807) is 4.90 Å². The van der Waals surface area contributed by atoms with Crippen molar-refractivity contribution in [3.05, 3.63) is 60.2 Å². The van der Waals surface area contributed by atoms with Gasteiger partial charge < -0.3 is 4.90 Å². The van der Waals surface area contributed by atoms with Crippen LogP contribution in [0.15, 0.2) is 48.7 Å². The van der Waals surface area contributed by atoms with Gasteiger partial charge in [0.1, 0.15) is 0 Å². The molecule has 92 valence electrons. The molecule has 0 radical (unpaired) electrons. The molecule has 1 aromatic heterocycles. The van der Waals surface area contributed by atoms with Gasteiger partial charge in [0.15, 0.2) is 0 Å². The molecule has 0 aliphatic rings. The number of nitrogens with zero attached hydrogens (tertiary/aromatic N) is 2. The standard InChI is InChI=1S/C14H13FN2O/c1-2-17(12-6-4-3-5-7-12)14(18)11-8-9-16-13(15)10-11/h3-10H,2H2,1H3. The van der Waals surface area contributed by atoms with Crippen LogP contribution >= 0.6 is 0 Å². The molecular formula is C14H13FN2O. The maximum Gasteiger partial charge on any atom is 0.258 e. The number of aromatic nitrogens is 1. The van der Waals surface area contributed by atoms with E-state index < -0.39 is 5.95 Å². The summed E-state index contributed by atoms with van der Waals surface area (Å²) in [6.45, 7) is 2.40. The molecule has 1 aromatic carbocycles. The Balaban J connectivity index is 2.32. The Labute approximate surface area is 105 Å². The van der Waals surface area contributed by atoms with Gasteiger partial charge in [-0.3, -0.25) is 4.79 Å². The van der Waals surface area contributed by atoms with E-state index in [1.165, 1.54) is 12.3 Å². The highest BCUT2D eigenvalue weighted by Crippen LogP contribution is 2.16. The average molecular weight is 244 g/mol. The Kier molecular flexibility index (Phi) is 3.67. The summed E-state index contributed by atoms with van der Waals surface area (Å²) in [5.74, 6) is -0.880. The summed E-state index contributed by atoms with van der Waals surface area (Å²) in [6, 6.07) is 12.0. The summed E-state index contributed by atoms with van der Waals surface area (Å²) in [5.41, 5.74) is 1.09. The molecule has 0 unspecified atom stereocenters. The maximum absolute atomic E-state index is 13.0. The van der Waals surface area contributed by atoms with E-state index in [1.807, 2.05) is 37.3 Å². The molecule has 0 aliphatic carbocycles. The number of para-hydroxylation sites is 1. The van der Waals surface area contributed by atoms with E-state index in [9.17, 15) is 9.18 Å². The number of hydrogen-bond donors (Lipinski definition) is 0. The lowest BCUT2D eigenvalue weighted by Crippen LogP contribution is -2.30. The molecule has 0 bridgehead atoms. The lowest BCUT2D eigenvalue weighted by Gasteiger charge is -2.20. The summed E-state index contributed by atoms with van der Waals surface area (Å²) in [4.78, 5) is 17.3. The molecule has 1 amide bonds. The van der Waals surface area contributed by atoms with Crippen molar-refractivity contribution in [3.8, 4) is 0 Å². The number of hydrogen-bond acceptors (Lipinski definition) is 2. The molecular weight excluding hydrogens is 231 g/mol. The van der Waals surface area contributed by atoms with Gasteiger partial charge >= 0.3 is 0 Å². The molecule has 0 saturated carbocycles. The minimum Gasteiger partial charge on any atom is -0.309 e. The number of pyridine rings is 1. The fraction of sp³-hybridized carbons (Fsp3) is 0.143. The third-order valence-electron chi connectivity index (χ3n) is 2.60. The third-order valence-corrected chi connectivity index (χ3v) is 2.60. The van der Waals surface area contributed by atoms with Gasteiger partial charge in [0.05, 0.1) is 0 Å². The van der Waals surface area contributed by atoms with Crippen LogP contribution in [0.1, 0.15) is 17.3 Å². The number of rotatable bonds is 3. The fourth-order valence-corrected chi connectivity index (χ4v) is 1.74. The van der Waals surface area contributed by atoms with Gasteiger partial charge in [0.2, 0.25) is 5.95 Å². The van der Waals surface area contributed by atoms with Crippen molar-refractivity contribution in [1.82, 2.24) is 4.98 Å². The maximum atomic E-state index is 13.0. The van der Waals surface area contributed by atoms with Crippen LogP contribution in [-0.4, -0.2) is 17.4 Å². The molecule has 0 saturated heterocycles. The zero-order valence-electron chi connectivity index (χ0n) is 10.0. The smallest absolute Gasteiger partial charge is 0.258 e. The Morgan fingerprint density at radius 3 is 2.61 bits per heavy atom. The van der Waals surface area contributed by atoms with Crippen molar-refractivity contribution in [2.45, 2.75) is 6.92 Å². The first-order valence-electron chi connectivity index (χ1n) is 5.71. The van der Waals surface area contributed by atoms with Gasteiger partial charge in [-0.2, -0.15) is 4.39 Å². The molecule has 18 heavy (non-hydrogen) atoms. The van der Waals surface area contributed by atoms with Crippen molar-refractivity contribution in [2.75, 3.05) is 11.4 Å². The van der Waals surface area contributed by atoms with E-state index >= 15 is 0 Å². The van der Waals surface area contributed by atoms with Crippen LogP contribution in [0.25, 0.3) is 0 Å². The van der Waals surface area contributed by atoms with Gasteiger partial charge in [-0.25, -0.2) is 4.98 Å². The molecule has 0 spiro atoms. The number of anilines is 1. The molecule has 0 atom stereocenters. The van der Waals surface area contributed by atoms with Crippen LogP contribution < -0.4 is 4.90 Å². The largest absolute Gasteiger partial charge is 0.309 e. The zero-order chi connectivity index (χ0) is 13.0. The predicted octanol–water partition coefficient (Wildman–Crippen LogP) is 2.89. The number of benzene rings is 1. The van der Waals surface area contributed by atoms with Gasteiger partial charge in [-0.05, 0) is 25.1 Å². The minimum absolute atomic E-state index is 0.231. The highest BCUT2D eigenvalue weighted by atomic mass is 19.1. The number of halogens is 1. The molecule has 0 aliphatic heterocycles. The first-order chi connectivity index (χ1) is 8.72. The minimum atomic E-state index is -0.648. The third kappa shape index (κ3) is 2.53. The fourth-order valence-electron chi connectivity index (χ4n) is 1.74. The number of amides is 1. The van der Waals surface area contributed by atoms with Gasteiger partial charge in [-0.1, -0.05) is 18.2 Å². The second kappa shape index (κ2) is 5.40. The highest BCUT2D eigenvalue weighted by molar-refractivity contribution is 6.05. The average Bonchev–Trinajstić information content (AvgIpc) is 2.41. The van der Waals surface area contributed by atoms with Crippen molar-refractivity contribution in [3.63, 3.8) is 0 Å². The van der Waals surface area contributed by atoms with E-state index in [2.05, 4.69) is 4.98 Å².